The summed E-state index contributed by atoms with van der Waals surface area (Å²) >= 11 is 0. The third-order valence-electron chi connectivity index (χ3n) is 2.49. The number of hydrogen-bond donors (Lipinski definition) is 1. The Kier molecular flexibility index (Phi) is 4.93. The number of nitriles is 1. The maximum atomic E-state index is 12.7. The molecule has 0 radical (unpaired) electrons. The molecule has 3 nitrogen and oxygen atoms in total. The van der Waals surface area contributed by atoms with Crippen LogP contribution in [0.5, 0.6) is 0 Å². The van der Waals surface area contributed by atoms with Crippen molar-refractivity contribution in [1.82, 2.24) is 0 Å². The highest BCUT2D eigenvalue weighted by Crippen LogP contribution is 2.33. The molecule has 0 heterocycles. The molecule has 0 saturated carbocycles. The lowest BCUT2D eigenvalue weighted by atomic mass is 10.1. The zero-order valence-electron chi connectivity index (χ0n) is 10.3. The maximum Gasteiger partial charge on any atom is 0.417 e. The molecule has 1 aromatic carbocycles. The third kappa shape index (κ3) is 4.28. The molecule has 1 amide bonds. The zero-order chi connectivity index (χ0) is 14.5. The number of anilines is 1. The number of nitrogens with zero attached hydrogens (tertiary/aromatic N) is 1. The predicted octanol–water partition coefficient (Wildman–Crippen LogP) is 3.71. The molecule has 0 unspecified atom stereocenters. The third-order valence-corrected chi connectivity index (χ3v) is 2.49. The maximum absolute atomic E-state index is 12.7. The van der Waals surface area contributed by atoms with Gasteiger partial charge in [-0.15, -0.1) is 0 Å². The molecule has 0 aromatic heterocycles. The van der Waals surface area contributed by atoms with Gasteiger partial charge in [-0.3, -0.25) is 4.79 Å². The van der Waals surface area contributed by atoms with Crippen molar-refractivity contribution >= 4 is 11.6 Å². The molecule has 1 rings (SSSR count). The van der Waals surface area contributed by atoms with Crippen LogP contribution in [-0.2, 0) is 11.0 Å². The molecule has 0 saturated heterocycles. The number of carbonyl (C=O) groups excluding carboxylic acids is 1. The minimum Gasteiger partial charge on any atom is -0.326 e. The predicted molar refractivity (Wildman–Crippen MR) is 64.3 cm³/mol. The lowest BCUT2D eigenvalue weighted by Gasteiger charge is -2.11. The Hall–Kier alpha value is -2.03. The van der Waals surface area contributed by atoms with Crippen molar-refractivity contribution in [2.75, 3.05) is 5.32 Å². The highest BCUT2D eigenvalue weighted by molar-refractivity contribution is 5.90. The second-order valence-electron chi connectivity index (χ2n) is 4.02. The summed E-state index contributed by atoms with van der Waals surface area (Å²) in [6.07, 6.45) is -2.85. The fraction of sp³-hybridized carbons (Fsp3) is 0.385. The van der Waals surface area contributed by atoms with Crippen molar-refractivity contribution in [1.29, 1.82) is 5.26 Å². The molecule has 0 aliphatic carbocycles. The zero-order valence-corrected chi connectivity index (χ0v) is 10.3. The average molecular weight is 270 g/mol. The van der Waals surface area contributed by atoms with Gasteiger partial charge in [0.05, 0.1) is 17.2 Å². The van der Waals surface area contributed by atoms with Crippen LogP contribution in [0.25, 0.3) is 0 Å². The van der Waals surface area contributed by atoms with E-state index in [0.717, 1.165) is 18.6 Å². The van der Waals surface area contributed by atoms with Crippen LogP contribution in [0.2, 0.25) is 0 Å². The molecule has 0 aliphatic heterocycles. The molecular formula is C13H13F3N2O. The van der Waals surface area contributed by atoms with E-state index in [1.54, 1.807) is 0 Å². The molecule has 0 spiro atoms. The standard InChI is InChI=1S/C13H13F3N2O/c1-2-3-4-12(19)18-10-6-5-9(8-17)11(7-10)13(14,15)16/h5-7H,2-4H2,1H3,(H,18,19). The van der Waals surface area contributed by atoms with E-state index >= 15 is 0 Å². The quantitative estimate of drug-likeness (QED) is 0.906. The number of nitrogens with one attached hydrogen (secondary N) is 1. The van der Waals surface area contributed by atoms with Crippen LogP contribution in [0.1, 0.15) is 37.3 Å². The summed E-state index contributed by atoms with van der Waals surface area (Å²) in [5, 5.41) is 11.0. The summed E-state index contributed by atoms with van der Waals surface area (Å²) in [5.41, 5.74) is -1.45. The van der Waals surface area contributed by atoms with Crippen LogP contribution in [-0.4, -0.2) is 5.91 Å². The first kappa shape index (κ1) is 15.0. The van der Waals surface area contributed by atoms with Gasteiger partial charge in [0.2, 0.25) is 5.91 Å². The smallest absolute Gasteiger partial charge is 0.326 e. The number of halogens is 3. The molecule has 0 atom stereocenters. The van der Waals surface area contributed by atoms with E-state index in [1.807, 2.05) is 6.92 Å². The molecule has 0 bridgehead atoms. The monoisotopic (exact) mass is 270 g/mol. The Balaban J connectivity index is 2.94. The number of amides is 1. The summed E-state index contributed by atoms with van der Waals surface area (Å²) < 4.78 is 38.1. The Morgan fingerprint density at radius 1 is 1.42 bits per heavy atom. The fourth-order valence-electron chi connectivity index (χ4n) is 1.51. The van der Waals surface area contributed by atoms with E-state index in [-0.39, 0.29) is 18.0 Å². The van der Waals surface area contributed by atoms with Crippen LogP contribution in [0.3, 0.4) is 0 Å². The highest BCUT2D eigenvalue weighted by atomic mass is 19.4. The van der Waals surface area contributed by atoms with Gasteiger partial charge in [-0.25, -0.2) is 0 Å². The van der Waals surface area contributed by atoms with Crippen LogP contribution >= 0.6 is 0 Å². The van der Waals surface area contributed by atoms with E-state index in [4.69, 9.17) is 5.26 Å². The van der Waals surface area contributed by atoms with Crippen molar-refractivity contribution in [3.63, 3.8) is 0 Å². The van der Waals surface area contributed by atoms with Gasteiger partial charge in [0.25, 0.3) is 0 Å². The molecule has 19 heavy (non-hydrogen) atoms. The molecule has 1 N–H and O–H groups in total. The Bertz CT molecular complexity index is 504. The lowest BCUT2D eigenvalue weighted by Crippen LogP contribution is -2.13. The van der Waals surface area contributed by atoms with E-state index in [1.165, 1.54) is 12.1 Å². The summed E-state index contributed by atoms with van der Waals surface area (Å²) in [6, 6.07) is 4.61. The number of hydrogen-bond acceptors (Lipinski definition) is 2. The summed E-state index contributed by atoms with van der Waals surface area (Å²) in [4.78, 5) is 11.4. The van der Waals surface area contributed by atoms with Crippen molar-refractivity contribution in [3.8, 4) is 6.07 Å². The number of rotatable bonds is 4. The van der Waals surface area contributed by atoms with Gasteiger partial charge in [-0.05, 0) is 24.6 Å². The van der Waals surface area contributed by atoms with Gasteiger partial charge >= 0.3 is 6.18 Å². The molecule has 1 aromatic rings. The molecule has 0 fully saturated rings. The van der Waals surface area contributed by atoms with Crippen LogP contribution in [0.15, 0.2) is 18.2 Å². The van der Waals surface area contributed by atoms with Gasteiger partial charge in [0.1, 0.15) is 0 Å². The lowest BCUT2D eigenvalue weighted by molar-refractivity contribution is -0.137. The van der Waals surface area contributed by atoms with Crippen molar-refractivity contribution in [2.45, 2.75) is 32.4 Å². The van der Waals surface area contributed by atoms with Crippen molar-refractivity contribution in [3.05, 3.63) is 29.3 Å². The van der Waals surface area contributed by atoms with Crippen molar-refractivity contribution < 1.29 is 18.0 Å². The van der Waals surface area contributed by atoms with Crippen LogP contribution in [0, 0.1) is 11.3 Å². The number of alkyl halides is 3. The molecule has 6 heteroatoms. The van der Waals surface area contributed by atoms with Crippen LogP contribution in [0.4, 0.5) is 18.9 Å². The summed E-state index contributed by atoms with van der Waals surface area (Å²) in [7, 11) is 0. The van der Waals surface area contributed by atoms with Gasteiger partial charge in [-0.2, -0.15) is 18.4 Å². The Morgan fingerprint density at radius 2 is 2.11 bits per heavy atom. The largest absolute Gasteiger partial charge is 0.417 e. The van der Waals surface area contributed by atoms with E-state index in [0.29, 0.717) is 6.42 Å². The Morgan fingerprint density at radius 3 is 2.63 bits per heavy atom. The van der Waals surface area contributed by atoms with Gasteiger partial charge in [-0.1, -0.05) is 13.3 Å². The minimum absolute atomic E-state index is 0.0485. The summed E-state index contributed by atoms with van der Waals surface area (Å²) in [6.45, 7) is 1.91. The van der Waals surface area contributed by atoms with Crippen molar-refractivity contribution in [2.24, 2.45) is 0 Å². The topological polar surface area (TPSA) is 52.9 Å². The van der Waals surface area contributed by atoms with Gasteiger partial charge < -0.3 is 5.32 Å². The molecular weight excluding hydrogens is 257 g/mol. The minimum atomic E-state index is -4.62. The fourth-order valence-corrected chi connectivity index (χ4v) is 1.51. The molecule has 0 aliphatic rings. The SMILES string of the molecule is CCCCC(=O)Nc1ccc(C#N)c(C(F)(F)F)c1. The van der Waals surface area contributed by atoms with Gasteiger partial charge in [0, 0.05) is 12.1 Å². The van der Waals surface area contributed by atoms with E-state index in [9.17, 15) is 18.0 Å². The normalized spacial score (nSPS) is 10.9. The first-order chi connectivity index (χ1) is 8.88. The van der Waals surface area contributed by atoms with E-state index < -0.39 is 17.3 Å². The second kappa shape index (κ2) is 6.23. The van der Waals surface area contributed by atoms with Gasteiger partial charge in [0.15, 0.2) is 0 Å². The van der Waals surface area contributed by atoms with Crippen LogP contribution < -0.4 is 5.32 Å². The number of benzene rings is 1. The summed E-state index contributed by atoms with van der Waals surface area (Å²) in [5.74, 6) is -0.334. The first-order valence-corrected chi connectivity index (χ1v) is 5.79. The first-order valence-electron chi connectivity index (χ1n) is 5.79. The Labute approximate surface area is 109 Å². The van der Waals surface area contributed by atoms with E-state index in [2.05, 4.69) is 5.32 Å². The number of unbranched alkanes of at least 4 members (excludes halogenated alkanes) is 1. The second-order valence-corrected chi connectivity index (χ2v) is 4.02. The molecule has 102 valence electrons. The average Bonchev–Trinajstić information content (AvgIpc) is 2.35. The number of carbonyl (C=O) groups is 1. The highest BCUT2D eigenvalue weighted by Gasteiger charge is 2.33.